The molecule has 1 aliphatic carbocycles. The van der Waals surface area contributed by atoms with Crippen LogP contribution in [0.15, 0.2) is 83.8 Å². The highest BCUT2D eigenvalue weighted by Gasteiger charge is 2.45. The van der Waals surface area contributed by atoms with Crippen LogP contribution in [0.2, 0.25) is 0 Å². The minimum absolute atomic E-state index is 0.0148. The van der Waals surface area contributed by atoms with Gasteiger partial charge in [0.2, 0.25) is 0 Å². The Kier molecular flexibility index (Phi) is 6.70. The highest BCUT2D eigenvalue weighted by molar-refractivity contribution is 6.05. The molecule has 0 spiro atoms. The number of anilines is 1. The van der Waals surface area contributed by atoms with Crippen molar-refractivity contribution in [3.05, 3.63) is 106 Å². The van der Waals surface area contributed by atoms with E-state index in [2.05, 4.69) is 15.6 Å². The van der Waals surface area contributed by atoms with E-state index in [-0.39, 0.29) is 17.0 Å². The van der Waals surface area contributed by atoms with Crippen LogP contribution in [-0.4, -0.2) is 38.9 Å². The first-order valence-corrected chi connectivity index (χ1v) is 14.3. The van der Waals surface area contributed by atoms with E-state index in [4.69, 9.17) is 9.47 Å². The Bertz CT molecular complexity index is 1910. The highest BCUT2D eigenvalue weighted by atomic mass is 19.1. The van der Waals surface area contributed by atoms with Gasteiger partial charge in [0.05, 0.1) is 16.9 Å². The van der Waals surface area contributed by atoms with Crippen LogP contribution in [0.25, 0.3) is 16.6 Å². The van der Waals surface area contributed by atoms with Gasteiger partial charge in [0.25, 0.3) is 11.5 Å². The topological polar surface area (TPSA) is 99.4 Å². The fraction of sp³-hybridized carbons (Fsp3) is 0.242. The minimum Gasteiger partial charge on any atom is -0.492 e. The maximum Gasteiger partial charge on any atom is 0.284 e. The number of halogens is 1. The second-order valence-corrected chi connectivity index (χ2v) is 11.1. The number of piperidine rings is 1. The molecule has 1 amide bonds. The second kappa shape index (κ2) is 10.7. The van der Waals surface area contributed by atoms with Crippen LogP contribution >= 0.6 is 0 Å². The third-order valence-electron chi connectivity index (χ3n) is 8.28. The van der Waals surface area contributed by atoms with Crippen molar-refractivity contribution in [3.8, 4) is 22.9 Å². The van der Waals surface area contributed by atoms with Gasteiger partial charge in [-0.2, -0.15) is 0 Å². The number of nitrogens with one attached hydrogen (secondary N) is 2. The van der Waals surface area contributed by atoms with Crippen LogP contribution in [0.3, 0.4) is 0 Å². The van der Waals surface area contributed by atoms with Gasteiger partial charge in [-0.3, -0.25) is 19.3 Å². The third kappa shape index (κ3) is 5.14. The molecule has 1 saturated carbocycles. The summed E-state index contributed by atoms with van der Waals surface area (Å²) in [6, 6.07) is 21.5. The standard InChI is InChI=1S/C33H30FN5O4/c1-19-31(33(41)39(38(19)2)23-6-4-3-5-7-23)32(40)37-21-8-11-30(26(34)16-21)43-29-12-13-35-28-17-24(9-10-25(28)29)42-18-22-14-20-15-27(20)36-22/h3-13,16-17,20,22,27,36H,14-15,18H2,1-2H3,(H,37,40). The zero-order valence-corrected chi connectivity index (χ0v) is 23.7. The molecule has 3 aromatic carbocycles. The first-order valence-electron chi connectivity index (χ1n) is 14.3. The normalized spacial score (nSPS) is 18.8. The molecule has 0 bridgehead atoms. The van der Waals surface area contributed by atoms with E-state index in [1.807, 2.05) is 36.4 Å². The highest BCUT2D eigenvalue weighted by Crippen LogP contribution is 2.41. The molecule has 10 heteroatoms. The van der Waals surface area contributed by atoms with Crippen molar-refractivity contribution in [2.75, 3.05) is 11.9 Å². The van der Waals surface area contributed by atoms with Gasteiger partial charge < -0.3 is 20.1 Å². The summed E-state index contributed by atoms with van der Waals surface area (Å²) in [5.74, 6) is 0.652. The zero-order valence-electron chi connectivity index (χ0n) is 23.7. The summed E-state index contributed by atoms with van der Waals surface area (Å²) in [5.41, 5.74) is 1.50. The average Bonchev–Trinajstić information content (AvgIpc) is 3.54. The van der Waals surface area contributed by atoms with Crippen molar-refractivity contribution >= 4 is 22.5 Å². The molecule has 2 fully saturated rings. The second-order valence-electron chi connectivity index (χ2n) is 11.1. The molecule has 3 atom stereocenters. The number of pyridine rings is 1. The molecule has 2 aliphatic rings. The van der Waals surface area contributed by atoms with E-state index in [9.17, 15) is 9.59 Å². The molecule has 1 aliphatic heterocycles. The predicted molar refractivity (Wildman–Crippen MR) is 161 cm³/mol. The molecule has 3 unspecified atom stereocenters. The van der Waals surface area contributed by atoms with Crippen LogP contribution in [0.4, 0.5) is 10.1 Å². The molecule has 2 aromatic heterocycles. The quantitative estimate of drug-likeness (QED) is 0.257. The molecule has 1 saturated heterocycles. The fourth-order valence-electron chi connectivity index (χ4n) is 5.85. The van der Waals surface area contributed by atoms with E-state index in [1.165, 1.54) is 23.2 Å². The van der Waals surface area contributed by atoms with Gasteiger partial charge in [-0.1, -0.05) is 18.2 Å². The molecule has 43 heavy (non-hydrogen) atoms. The van der Waals surface area contributed by atoms with E-state index >= 15 is 4.39 Å². The maximum atomic E-state index is 15.2. The van der Waals surface area contributed by atoms with Crippen LogP contribution < -0.4 is 25.7 Å². The van der Waals surface area contributed by atoms with Crippen molar-refractivity contribution in [3.63, 3.8) is 0 Å². The van der Waals surface area contributed by atoms with Crippen LogP contribution in [0.1, 0.15) is 28.9 Å². The molecule has 9 nitrogen and oxygen atoms in total. The molecule has 7 rings (SSSR count). The monoisotopic (exact) mass is 579 g/mol. The third-order valence-corrected chi connectivity index (χ3v) is 8.28. The average molecular weight is 580 g/mol. The van der Waals surface area contributed by atoms with Gasteiger partial charge in [0, 0.05) is 48.5 Å². The van der Waals surface area contributed by atoms with Crippen LogP contribution in [-0.2, 0) is 7.05 Å². The van der Waals surface area contributed by atoms with Crippen molar-refractivity contribution < 1.29 is 18.7 Å². The lowest BCUT2D eigenvalue weighted by Crippen LogP contribution is -2.31. The molecule has 5 aromatic rings. The lowest BCUT2D eigenvalue weighted by molar-refractivity contribution is 0.102. The number of hydrogen-bond donors (Lipinski definition) is 2. The Morgan fingerprint density at radius 1 is 1.07 bits per heavy atom. The Labute approximate surface area is 246 Å². The first kappa shape index (κ1) is 26.9. The number of carbonyl (C=O) groups is 1. The summed E-state index contributed by atoms with van der Waals surface area (Å²) in [6.07, 6.45) is 4.04. The van der Waals surface area contributed by atoms with Crippen LogP contribution in [0, 0.1) is 18.7 Å². The molecule has 0 radical (unpaired) electrons. The predicted octanol–water partition coefficient (Wildman–Crippen LogP) is 5.35. The van der Waals surface area contributed by atoms with Gasteiger partial charge in [-0.15, -0.1) is 0 Å². The number of benzene rings is 3. The number of amides is 1. The summed E-state index contributed by atoms with van der Waals surface area (Å²) in [6.45, 7) is 2.30. The number of hydrogen-bond acceptors (Lipinski definition) is 6. The zero-order chi connectivity index (χ0) is 29.7. The lowest BCUT2D eigenvalue weighted by Gasteiger charge is -2.15. The van der Waals surface area contributed by atoms with Gasteiger partial charge in [0.15, 0.2) is 11.6 Å². The summed E-state index contributed by atoms with van der Waals surface area (Å²) in [7, 11) is 1.71. The Balaban J connectivity index is 1.06. The molecular formula is C33H30FN5O4. The first-order chi connectivity index (χ1) is 20.9. The van der Waals surface area contributed by atoms with Crippen molar-refractivity contribution in [1.82, 2.24) is 19.7 Å². The van der Waals surface area contributed by atoms with Crippen molar-refractivity contribution in [2.24, 2.45) is 13.0 Å². The Hall–Kier alpha value is -4.96. The van der Waals surface area contributed by atoms with E-state index in [1.54, 1.807) is 43.0 Å². The summed E-state index contributed by atoms with van der Waals surface area (Å²) in [5, 5.41) is 6.93. The largest absolute Gasteiger partial charge is 0.492 e. The number of para-hydroxylation sites is 1. The van der Waals surface area contributed by atoms with Gasteiger partial charge in [0.1, 0.15) is 23.7 Å². The lowest BCUT2D eigenvalue weighted by atomic mass is 10.2. The SMILES string of the molecule is Cc1c(C(=O)Nc2ccc(Oc3ccnc4cc(OCC5CC6CC6N5)ccc34)c(F)c2)c(=O)n(-c2ccccc2)n1C. The number of fused-ring (bicyclic) bond motifs is 2. The van der Waals surface area contributed by atoms with E-state index in [0.717, 1.165) is 24.2 Å². The summed E-state index contributed by atoms with van der Waals surface area (Å²) < 4.78 is 30.2. The maximum absolute atomic E-state index is 15.2. The smallest absolute Gasteiger partial charge is 0.284 e. The molecule has 3 heterocycles. The number of nitrogens with zero attached hydrogens (tertiary/aromatic N) is 3. The number of ether oxygens (including phenoxy) is 2. The number of rotatable bonds is 8. The fourth-order valence-corrected chi connectivity index (χ4v) is 5.85. The van der Waals surface area contributed by atoms with Gasteiger partial charge >= 0.3 is 0 Å². The number of carbonyl (C=O) groups excluding carboxylic acids is 1. The Morgan fingerprint density at radius 2 is 1.91 bits per heavy atom. The molecular weight excluding hydrogens is 549 g/mol. The van der Waals surface area contributed by atoms with E-state index < -0.39 is 17.3 Å². The van der Waals surface area contributed by atoms with Crippen molar-refractivity contribution in [1.29, 1.82) is 0 Å². The summed E-state index contributed by atoms with van der Waals surface area (Å²) >= 11 is 0. The number of aromatic nitrogens is 3. The molecule has 2 N–H and O–H groups in total. The van der Waals surface area contributed by atoms with Gasteiger partial charge in [-0.05, 0) is 68.1 Å². The van der Waals surface area contributed by atoms with Crippen LogP contribution in [0.5, 0.6) is 17.2 Å². The van der Waals surface area contributed by atoms with Crippen molar-refractivity contribution in [2.45, 2.75) is 31.8 Å². The minimum atomic E-state index is -0.670. The Morgan fingerprint density at radius 3 is 2.67 bits per heavy atom. The van der Waals surface area contributed by atoms with Gasteiger partial charge in [-0.25, -0.2) is 9.07 Å². The molecule has 218 valence electrons. The summed E-state index contributed by atoms with van der Waals surface area (Å²) in [4.78, 5) is 30.8. The van der Waals surface area contributed by atoms with E-state index in [0.29, 0.717) is 46.7 Å².